The lowest BCUT2D eigenvalue weighted by molar-refractivity contribution is 0.256. The molecule has 2 heterocycles. The number of aliphatic hydroxyl groups excluding tert-OH is 1. The smallest absolute Gasteiger partial charge is 0.124 e. The third-order valence-corrected chi connectivity index (χ3v) is 3.85. The van der Waals surface area contributed by atoms with Crippen molar-refractivity contribution in [2.75, 3.05) is 32.8 Å². The van der Waals surface area contributed by atoms with Crippen LogP contribution < -0.4 is 5.32 Å². The van der Waals surface area contributed by atoms with Crippen LogP contribution in [-0.4, -0.2) is 52.3 Å². The summed E-state index contributed by atoms with van der Waals surface area (Å²) in [5.74, 6) is 1.06. The van der Waals surface area contributed by atoms with Crippen LogP contribution in [0.4, 0.5) is 0 Å². The number of imidazole rings is 1. The Morgan fingerprint density at radius 3 is 3.00 bits per heavy atom. The normalized spacial score (nSPS) is 17.4. The van der Waals surface area contributed by atoms with Crippen LogP contribution in [0.25, 0.3) is 11.0 Å². The van der Waals surface area contributed by atoms with E-state index in [1.165, 1.54) is 6.42 Å². The number of fused-ring (bicyclic) bond motifs is 1. The number of hydrogen-bond donors (Lipinski definition) is 2. The lowest BCUT2D eigenvalue weighted by Gasteiger charge is -2.19. The fraction of sp³-hybridized carbons (Fsp3) is 0.533. The van der Waals surface area contributed by atoms with Gasteiger partial charge in [0.15, 0.2) is 0 Å². The maximum atomic E-state index is 9.30. The largest absolute Gasteiger partial charge is 0.395 e. The van der Waals surface area contributed by atoms with Crippen LogP contribution in [0.2, 0.25) is 0 Å². The van der Waals surface area contributed by atoms with Crippen LogP contribution in [-0.2, 0) is 13.1 Å². The summed E-state index contributed by atoms with van der Waals surface area (Å²) in [5, 5.41) is 12.7. The van der Waals surface area contributed by atoms with E-state index < -0.39 is 0 Å². The Balaban J connectivity index is 1.87. The molecular weight excluding hydrogens is 252 g/mol. The first-order valence-electron chi connectivity index (χ1n) is 7.36. The highest BCUT2D eigenvalue weighted by molar-refractivity contribution is 5.75. The molecule has 5 heteroatoms. The minimum atomic E-state index is 0.148. The average molecular weight is 274 g/mol. The fourth-order valence-corrected chi connectivity index (χ4v) is 2.86. The molecule has 1 saturated heterocycles. The van der Waals surface area contributed by atoms with E-state index in [0.717, 1.165) is 49.6 Å². The summed E-state index contributed by atoms with van der Waals surface area (Å²) < 4.78 is 2.15. The molecule has 20 heavy (non-hydrogen) atoms. The minimum absolute atomic E-state index is 0.148. The Morgan fingerprint density at radius 1 is 1.20 bits per heavy atom. The highest BCUT2D eigenvalue weighted by Crippen LogP contribution is 2.17. The number of para-hydroxylation sites is 2. The average Bonchev–Trinajstić information content (AvgIpc) is 2.64. The standard InChI is InChI=1S/C15H22N4O/c20-11-10-19-14-5-2-1-4-13(14)17-15(19)12-18-8-3-6-16-7-9-18/h1-2,4-5,16,20H,3,6-12H2. The molecule has 0 amide bonds. The van der Waals surface area contributed by atoms with Crippen molar-refractivity contribution < 1.29 is 5.11 Å². The number of nitrogens with one attached hydrogen (secondary N) is 1. The van der Waals surface area contributed by atoms with Crippen molar-refractivity contribution in [2.45, 2.75) is 19.5 Å². The Bertz CT molecular complexity index is 558. The van der Waals surface area contributed by atoms with E-state index in [0.29, 0.717) is 6.54 Å². The minimum Gasteiger partial charge on any atom is -0.395 e. The van der Waals surface area contributed by atoms with Crippen LogP contribution in [0.15, 0.2) is 24.3 Å². The first-order chi connectivity index (χ1) is 9.88. The van der Waals surface area contributed by atoms with Gasteiger partial charge in [0.25, 0.3) is 0 Å². The molecule has 0 spiro atoms. The van der Waals surface area contributed by atoms with Crippen molar-refractivity contribution in [1.82, 2.24) is 19.8 Å². The molecule has 1 aliphatic heterocycles. The fourth-order valence-electron chi connectivity index (χ4n) is 2.86. The number of hydrogen-bond acceptors (Lipinski definition) is 4. The molecule has 0 atom stereocenters. The van der Waals surface area contributed by atoms with E-state index in [4.69, 9.17) is 4.98 Å². The second kappa shape index (κ2) is 6.35. The van der Waals surface area contributed by atoms with E-state index in [1.54, 1.807) is 0 Å². The molecule has 0 saturated carbocycles. The Labute approximate surface area is 119 Å². The molecule has 0 bridgehead atoms. The number of benzene rings is 1. The van der Waals surface area contributed by atoms with E-state index in [-0.39, 0.29) is 6.61 Å². The van der Waals surface area contributed by atoms with E-state index in [1.807, 2.05) is 18.2 Å². The summed E-state index contributed by atoms with van der Waals surface area (Å²) in [6, 6.07) is 8.15. The summed E-state index contributed by atoms with van der Waals surface area (Å²) in [6.07, 6.45) is 1.18. The van der Waals surface area contributed by atoms with Gasteiger partial charge in [0.2, 0.25) is 0 Å². The third kappa shape index (κ3) is 2.85. The predicted molar refractivity (Wildman–Crippen MR) is 79.6 cm³/mol. The van der Waals surface area contributed by atoms with Crippen LogP contribution >= 0.6 is 0 Å². The van der Waals surface area contributed by atoms with Gasteiger partial charge in [0.05, 0.1) is 24.2 Å². The Hall–Kier alpha value is -1.43. The molecule has 2 N–H and O–H groups in total. The maximum absolute atomic E-state index is 9.30. The van der Waals surface area contributed by atoms with Gasteiger partial charge in [0, 0.05) is 19.6 Å². The quantitative estimate of drug-likeness (QED) is 0.867. The summed E-state index contributed by atoms with van der Waals surface area (Å²) >= 11 is 0. The zero-order chi connectivity index (χ0) is 13.8. The van der Waals surface area contributed by atoms with Gasteiger partial charge in [-0.15, -0.1) is 0 Å². The van der Waals surface area contributed by atoms with Crippen molar-refractivity contribution in [1.29, 1.82) is 0 Å². The number of nitrogens with zero attached hydrogens (tertiary/aromatic N) is 3. The van der Waals surface area contributed by atoms with Gasteiger partial charge in [-0.1, -0.05) is 12.1 Å². The van der Waals surface area contributed by atoms with Crippen molar-refractivity contribution in [3.8, 4) is 0 Å². The predicted octanol–water partition coefficient (Wildman–Crippen LogP) is 0.824. The van der Waals surface area contributed by atoms with Crippen molar-refractivity contribution in [2.24, 2.45) is 0 Å². The second-order valence-corrected chi connectivity index (χ2v) is 5.27. The monoisotopic (exact) mass is 274 g/mol. The van der Waals surface area contributed by atoms with E-state index in [2.05, 4.69) is 20.9 Å². The number of aliphatic hydroxyl groups is 1. The molecule has 1 aromatic carbocycles. The molecule has 0 radical (unpaired) electrons. The summed E-state index contributed by atoms with van der Waals surface area (Å²) in [7, 11) is 0. The lowest BCUT2D eigenvalue weighted by Crippen LogP contribution is -2.29. The van der Waals surface area contributed by atoms with Crippen LogP contribution in [0.1, 0.15) is 12.2 Å². The molecule has 1 aromatic heterocycles. The van der Waals surface area contributed by atoms with E-state index >= 15 is 0 Å². The molecule has 3 rings (SSSR count). The summed E-state index contributed by atoms with van der Waals surface area (Å²) in [5.41, 5.74) is 2.13. The number of rotatable bonds is 4. The molecule has 2 aromatic rings. The molecule has 1 aliphatic rings. The van der Waals surface area contributed by atoms with Crippen molar-refractivity contribution >= 4 is 11.0 Å². The van der Waals surface area contributed by atoms with Crippen LogP contribution in [0, 0.1) is 0 Å². The maximum Gasteiger partial charge on any atom is 0.124 e. The topological polar surface area (TPSA) is 53.3 Å². The zero-order valence-corrected chi connectivity index (χ0v) is 11.8. The van der Waals surface area contributed by atoms with Gasteiger partial charge in [-0.25, -0.2) is 4.98 Å². The van der Waals surface area contributed by atoms with Crippen molar-refractivity contribution in [3.05, 3.63) is 30.1 Å². The van der Waals surface area contributed by atoms with Gasteiger partial charge in [0.1, 0.15) is 5.82 Å². The van der Waals surface area contributed by atoms with Gasteiger partial charge in [-0.3, -0.25) is 4.90 Å². The zero-order valence-electron chi connectivity index (χ0n) is 11.8. The van der Waals surface area contributed by atoms with Crippen LogP contribution in [0.3, 0.4) is 0 Å². The van der Waals surface area contributed by atoms with E-state index in [9.17, 15) is 5.11 Å². The lowest BCUT2D eigenvalue weighted by atomic mass is 10.3. The van der Waals surface area contributed by atoms with Crippen LogP contribution in [0.5, 0.6) is 0 Å². The molecule has 1 fully saturated rings. The van der Waals surface area contributed by atoms with Gasteiger partial charge < -0.3 is 15.0 Å². The third-order valence-electron chi connectivity index (χ3n) is 3.85. The second-order valence-electron chi connectivity index (χ2n) is 5.27. The van der Waals surface area contributed by atoms with Crippen molar-refractivity contribution in [3.63, 3.8) is 0 Å². The first-order valence-corrected chi connectivity index (χ1v) is 7.36. The van der Waals surface area contributed by atoms with Gasteiger partial charge >= 0.3 is 0 Å². The Kier molecular flexibility index (Phi) is 4.30. The SMILES string of the molecule is OCCn1c(CN2CCCNCC2)nc2ccccc21. The molecule has 0 unspecified atom stereocenters. The van der Waals surface area contributed by atoms with Gasteiger partial charge in [-0.2, -0.15) is 0 Å². The Morgan fingerprint density at radius 2 is 2.10 bits per heavy atom. The molecular formula is C15H22N4O. The molecule has 0 aliphatic carbocycles. The highest BCUT2D eigenvalue weighted by Gasteiger charge is 2.15. The van der Waals surface area contributed by atoms with Gasteiger partial charge in [-0.05, 0) is 31.6 Å². The number of aromatic nitrogens is 2. The molecule has 108 valence electrons. The highest BCUT2D eigenvalue weighted by atomic mass is 16.3. The first kappa shape index (κ1) is 13.5. The summed E-state index contributed by atoms with van der Waals surface area (Å²) in [6.45, 7) is 5.93. The summed E-state index contributed by atoms with van der Waals surface area (Å²) in [4.78, 5) is 7.19. The molecule has 5 nitrogen and oxygen atoms in total.